The number of halogens is 2. The van der Waals surface area contributed by atoms with Crippen LogP contribution in [0.25, 0.3) is 5.82 Å². The van der Waals surface area contributed by atoms with Crippen LogP contribution in [-0.4, -0.2) is 40.1 Å². The summed E-state index contributed by atoms with van der Waals surface area (Å²) >= 11 is 1.72. The van der Waals surface area contributed by atoms with Gasteiger partial charge in [-0.3, -0.25) is 4.99 Å². The van der Waals surface area contributed by atoms with Gasteiger partial charge in [0.1, 0.15) is 5.82 Å². The Hall–Kier alpha value is -2.14. The smallest absolute Gasteiger partial charge is 0.191 e. The van der Waals surface area contributed by atoms with Crippen molar-refractivity contribution in [3.8, 4) is 5.82 Å². The fraction of sp³-hybridized carbons (Fsp3) is 0.250. The number of hydrogen-bond donors (Lipinski definition) is 2. The average Bonchev–Trinajstić information content (AvgIpc) is 3.26. The Labute approximate surface area is 191 Å². The second kappa shape index (κ2) is 12.4. The molecule has 0 bridgehead atoms. The molecule has 3 rings (SSSR count). The molecule has 3 aromatic rings. The molecule has 29 heavy (non-hydrogen) atoms. The van der Waals surface area contributed by atoms with E-state index in [-0.39, 0.29) is 29.8 Å². The molecule has 6 nitrogen and oxygen atoms in total. The molecular formula is C20H24FIN6S. The van der Waals surface area contributed by atoms with Gasteiger partial charge in [-0.25, -0.2) is 14.1 Å². The summed E-state index contributed by atoms with van der Waals surface area (Å²) in [5, 5.41) is 10.8. The lowest BCUT2D eigenvalue weighted by Crippen LogP contribution is -2.37. The summed E-state index contributed by atoms with van der Waals surface area (Å²) in [5.41, 5.74) is 1.09. The Morgan fingerprint density at radius 2 is 2.00 bits per heavy atom. The van der Waals surface area contributed by atoms with Crippen molar-refractivity contribution in [1.29, 1.82) is 0 Å². The highest BCUT2D eigenvalue weighted by Crippen LogP contribution is 2.18. The minimum atomic E-state index is -0.202. The van der Waals surface area contributed by atoms with Crippen molar-refractivity contribution >= 4 is 41.7 Å². The number of guanidine groups is 1. The van der Waals surface area contributed by atoms with Crippen LogP contribution in [0.5, 0.6) is 0 Å². The van der Waals surface area contributed by atoms with Gasteiger partial charge in [0, 0.05) is 43.6 Å². The van der Waals surface area contributed by atoms with E-state index >= 15 is 0 Å². The third-order valence-electron chi connectivity index (χ3n) is 3.93. The molecule has 0 saturated carbocycles. The van der Waals surface area contributed by atoms with E-state index in [9.17, 15) is 4.39 Å². The van der Waals surface area contributed by atoms with Gasteiger partial charge in [0.2, 0.25) is 0 Å². The molecule has 0 spiro atoms. The van der Waals surface area contributed by atoms with Gasteiger partial charge in [0.05, 0.1) is 0 Å². The molecule has 2 heterocycles. The Kier molecular flexibility index (Phi) is 9.92. The molecule has 0 aliphatic heterocycles. The van der Waals surface area contributed by atoms with Gasteiger partial charge in [-0.05, 0) is 60.2 Å². The van der Waals surface area contributed by atoms with Crippen molar-refractivity contribution in [3.05, 3.63) is 72.4 Å². The minimum Gasteiger partial charge on any atom is -0.356 e. The maximum Gasteiger partial charge on any atom is 0.191 e. The molecular weight excluding hydrogens is 502 g/mol. The zero-order valence-electron chi connectivity index (χ0n) is 16.1. The van der Waals surface area contributed by atoms with E-state index in [1.165, 1.54) is 12.1 Å². The first kappa shape index (κ1) is 23.1. The molecule has 0 unspecified atom stereocenters. The lowest BCUT2D eigenvalue weighted by atomic mass is 10.2. The number of nitrogens with zero attached hydrogens (tertiary/aromatic N) is 4. The van der Waals surface area contributed by atoms with E-state index in [0.29, 0.717) is 6.54 Å². The number of hydrogen-bond acceptors (Lipinski definition) is 4. The summed E-state index contributed by atoms with van der Waals surface area (Å²) < 4.78 is 14.6. The summed E-state index contributed by atoms with van der Waals surface area (Å²) in [7, 11) is 1.75. The summed E-state index contributed by atoms with van der Waals surface area (Å²) in [6.45, 7) is 1.45. The molecule has 2 N–H and O–H groups in total. The van der Waals surface area contributed by atoms with Gasteiger partial charge < -0.3 is 10.6 Å². The van der Waals surface area contributed by atoms with Crippen LogP contribution in [0.3, 0.4) is 0 Å². The Morgan fingerprint density at radius 3 is 2.72 bits per heavy atom. The Bertz CT molecular complexity index is 886. The molecule has 0 amide bonds. The first-order valence-corrected chi connectivity index (χ1v) is 10.0. The fourth-order valence-corrected chi connectivity index (χ4v) is 3.36. The maximum absolute atomic E-state index is 12.9. The van der Waals surface area contributed by atoms with E-state index in [2.05, 4.69) is 25.7 Å². The highest BCUT2D eigenvalue weighted by molar-refractivity contribution is 14.0. The summed E-state index contributed by atoms with van der Waals surface area (Å²) in [6, 6.07) is 12.4. The van der Waals surface area contributed by atoms with Gasteiger partial charge in [-0.15, -0.1) is 35.7 Å². The number of aliphatic imine (C=N–C) groups is 1. The summed E-state index contributed by atoms with van der Waals surface area (Å²) in [6.07, 6.45) is 6.34. The first-order chi connectivity index (χ1) is 13.7. The molecule has 1 aromatic carbocycles. The zero-order chi connectivity index (χ0) is 19.6. The van der Waals surface area contributed by atoms with Crippen molar-refractivity contribution in [2.45, 2.75) is 17.9 Å². The highest BCUT2D eigenvalue weighted by atomic mass is 127. The van der Waals surface area contributed by atoms with Crippen LogP contribution in [0, 0.1) is 5.82 Å². The lowest BCUT2D eigenvalue weighted by Gasteiger charge is -2.12. The second-order valence-corrected chi connectivity index (χ2v) is 7.15. The summed E-state index contributed by atoms with van der Waals surface area (Å²) in [4.78, 5) is 9.66. The minimum absolute atomic E-state index is 0. The normalized spacial score (nSPS) is 11.0. The largest absolute Gasteiger partial charge is 0.356 e. The highest BCUT2D eigenvalue weighted by Gasteiger charge is 2.02. The maximum atomic E-state index is 12.9. The van der Waals surface area contributed by atoms with Gasteiger partial charge in [0.15, 0.2) is 11.8 Å². The molecule has 9 heteroatoms. The van der Waals surface area contributed by atoms with Crippen LogP contribution in [-0.2, 0) is 6.54 Å². The van der Waals surface area contributed by atoms with E-state index in [1.807, 2.05) is 24.4 Å². The fourth-order valence-electron chi connectivity index (χ4n) is 2.51. The third kappa shape index (κ3) is 7.65. The number of benzene rings is 1. The van der Waals surface area contributed by atoms with Crippen LogP contribution in [0.4, 0.5) is 4.39 Å². The van der Waals surface area contributed by atoms with Crippen LogP contribution < -0.4 is 10.6 Å². The van der Waals surface area contributed by atoms with Gasteiger partial charge in [0.25, 0.3) is 0 Å². The van der Waals surface area contributed by atoms with Crippen molar-refractivity contribution < 1.29 is 4.39 Å². The number of thioether (sulfide) groups is 1. The molecule has 0 aliphatic carbocycles. The molecule has 0 fully saturated rings. The Balaban J connectivity index is 0.00000300. The number of aromatic nitrogens is 3. The number of nitrogens with one attached hydrogen (secondary N) is 2. The predicted octanol–water partition coefficient (Wildman–Crippen LogP) is 3.87. The van der Waals surface area contributed by atoms with Crippen molar-refractivity contribution in [1.82, 2.24) is 25.4 Å². The monoisotopic (exact) mass is 526 g/mol. The van der Waals surface area contributed by atoms with Crippen molar-refractivity contribution in [3.63, 3.8) is 0 Å². The van der Waals surface area contributed by atoms with Crippen molar-refractivity contribution in [2.75, 3.05) is 19.3 Å². The predicted molar refractivity (Wildman–Crippen MR) is 127 cm³/mol. The van der Waals surface area contributed by atoms with E-state index in [1.54, 1.807) is 48.0 Å². The summed E-state index contributed by atoms with van der Waals surface area (Å²) in [5.74, 6) is 2.29. The molecule has 2 aromatic heterocycles. The lowest BCUT2D eigenvalue weighted by molar-refractivity contribution is 0.626. The quantitative estimate of drug-likeness (QED) is 0.153. The van der Waals surface area contributed by atoms with E-state index < -0.39 is 0 Å². The number of rotatable bonds is 8. The van der Waals surface area contributed by atoms with Crippen molar-refractivity contribution in [2.24, 2.45) is 4.99 Å². The number of pyridine rings is 1. The standard InChI is InChI=1S/C20H23FN6S.HI/c1-22-20(24-9-3-13-28-18-6-4-17(21)5-7-18)25-15-16-8-11-23-19(14-16)27-12-2-10-26-27;/h2,4-8,10-12,14H,3,9,13,15H2,1H3,(H2,22,24,25);1H. The molecule has 154 valence electrons. The molecule has 0 saturated heterocycles. The molecule has 0 aliphatic rings. The van der Waals surface area contributed by atoms with E-state index in [0.717, 1.165) is 41.0 Å². The second-order valence-electron chi connectivity index (χ2n) is 5.98. The zero-order valence-corrected chi connectivity index (χ0v) is 19.2. The Morgan fingerprint density at radius 1 is 1.17 bits per heavy atom. The van der Waals surface area contributed by atoms with E-state index in [4.69, 9.17) is 0 Å². The average molecular weight is 526 g/mol. The third-order valence-corrected chi connectivity index (χ3v) is 5.03. The SMILES string of the molecule is CN=C(NCCCSc1ccc(F)cc1)NCc1ccnc(-n2cccn2)c1.I. The van der Waals surface area contributed by atoms with Gasteiger partial charge in [-0.1, -0.05) is 0 Å². The first-order valence-electron chi connectivity index (χ1n) is 9.02. The van der Waals surface area contributed by atoms with Crippen LogP contribution in [0.1, 0.15) is 12.0 Å². The molecule has 0 atom stereocenters. The van der Waals surface area contributed by atoms with Gasteiger partial charge >= 0.3 is 0 Å². The van der Waals surface area contributed by atoms with Crippen LogP contribution >= 0.6 is 35.7 Å². The van der Waals surface area contributed by atoms with Crippen LogP contribution in [0.2, 0.25) is 0 Å². The topological polar surface area (TPSA) is 67.1 Å². The van der Waals surface area contributed by atoms with Gasteiger partial charge in [-0.2, -0.15) is 5.10 Å². The van der Waals surface area contributed by atoms with Crippen LogP contribution in [0.15, 0.2) is 70.9 Å². The molecule has 0 radical (unpaired) electrons.